The van der Waals surface area contributed by atoms with Crippen LogP contribution < -0.4 is 9.64 Å². The molecule has 1 aliphatic rings. The number of hydrogen-bond donors (Lipinski definition) is 0. The van der Waals surface area contributed by atoms with E-state index in [9.17, 15) is 13.2 Å². The second-order valence-electron chi connectivity index (χ2n) is 4.31. The Hall–Kier alpha value is -1.12. The van der Waals surface area contributed by atoms with Crippen LogP contribution in [0.4, 0.5) is 5.95 Å². The normalized spacial score (nSPS) is 19.4. The largest absolute Gasteiger partial charge is 0.481 e. The van der Waals surface area contributed by atoms with Crippen molar-refractivity contribution in [1.29, 1.82) is 0 Å². The first-order chi connectivity index (χ1) is 9.28. The van der Waals surface area contributed by atoms with Crippen LogP contribution in [0.15, 0.2) is 6.07 Å². The lowest BCUT2D eigenvalue weighted by Gasteiger charge is -2.15. The first-order valence-corrected chi connectivity index (χ1v) is 8.45. The van der Waals surface area contributed by atoms with Gasteiger partial charge in [0.05, 0.1) is 12.9 Å². The van der Waals surface area contributed by atoms with Crippen molar-refractivity contribution in [3.8, 4) is 5.88 Å². The third kappa shape index (κ3) is 3.71. The molecular formula is C10H11Cl2N3O4S. The molecule has 1 fully saturated rings. The zero-order valence-electron chi connectivity index (χ0n) is 10.4. The van der Waals surface area contributed by atoms with Crippen molar-refractivity contribution in [2.24, 2.45) is 5.92 Å². The van der Waals surface area contributed by atoms with Crippen LogP contribution in [0.5, 0.6) is 5.88 Å². The standard InChI is InChI=1S/C10H11Cl2N3O4S/c1-19-8-3-7(11)13-10(14-8)15-4-6(2-9(15)16)5-20(12,17)18/h3,6H,2,4-5H2,1H3. The Morgan fingerprint density at radius 1 is 1.50 bits per heavy atom. The van der Waals surface area contributed by atoms with Crippen LogP contribution in [0.25, 0.3) is 0 Å². The average Bonchev–Trinajstić information content (AvgIpc) is 2.66. The Morgan fingerprint density at radius 3 is 2.80 bits per heavy atom. The number of methoxy groups -OCH3 is 1. The number of halogens is 2. The molecule has 0 radical (unpaired) electrons. The van der Waals surface area contributed by atoms with Gasteiger partial charge in [-0.1, -0.05) is 11.6 Å². The predicted molar refractivity (Wildman–Crippen MR) is 73.7 cm³/mol. The summed E-state index contributed by atoms with van der Waals surface area (Å²) in [7, 11) is 2.96. The molecule has 0 bridgehead atoms. The summed E-state index contributed by atoms with van der Waals surface area (Å²) in [6.45, 7) is 0.175. The Kier molecular flexibility index (Phi) is 4.36. The summed E-state index contributed by atoms with van der Waals surface area (Å²) >= 11 is 5.81. The number of carbonyl (C=O) groups excluding carboxylic acids is 1. The highest BCUT2D eigenvalue weighted by Crippen LogP contribution is 2.26. The maximum Gasteiger partial charge on any atom is 0.236 e. The van der Waals surface area contributed by atoms with Crippen LogP contribution in [0.1, 0.15) is 6.42 Å². The van der Waals surface area contributed by atoms with Gasteiger partial charge in [-0.15, -0.1) is 0 Å². The summed E-state index contributed by atoms with van der Waals surface area (Å²) in [6, 6.07) is 1.41. The van der Waals surface area contributed by atoms with E-state index in [1.54, 1.807) is 0 Å². The number of nitrogens with zero attached hydrogens (tertiary/aromatic N) is 3. The van der Waals surface area contributed by atoms with Crippen LogP contribution in [-0.4, -0.2) is 43.7 Å². The van der Waals surface area contributed by atoms with E-state index in [2.05, 4.69) is 9.97 Å². The molecule has 1 saturated heterocycles. The minimum atomic E-state index is -3.66. The Balaban J connectivity index is 2.21. The van der Waals surface area contributed by atoms with E-state index in [4.69, 9.17) is 27.0 Å². The van der Waals surface area contributed by atoms with Crippen molar-refractivity contribution in [2.75, 3.05) is 24.3 Å². The molecule has 20 heavy (non-hydrogen) atoms. The SMILES string of the molecule is COc1cc(Cl)nc(N2CC(CS(=O)(=O)Cl)CC2=O)n1. The molecular weight excluding hydrogens is 329 g/mol. The van der Waals surface area contributed by atoms with E-state index in [1.165, 1.54) is 18.1 Å². The Bertz CT molecular complexity index is 637. The van der Waals surface area contributed by atoms with Crippen LogP contribution in [0.2, 0.25) is 5.15 Å². The summed E-state index contributed by atoms with van der Waals surface area (Å²) in [5, 5.41) is 0.132. The molecule has 7 nitrogen and oxygen atoms in total. The second kappa shape index (κ2) is 5.71. The van der Waals surface area contributed by atoms with E-state index >= 15 is 0 Å². The Labute approximate surface area is 125 Å². The molecule has 0 saturated carbocycles. The molecule has 1 atom stereocenters. The van der Waals surface area contributed by atoms with E-state index in [1.807, 2.05) is 0 Å². The zero-order chi connectivity index (χ0) is 14.9. The van der Waals surface area contributed by atoms with E-state index in [-0.39, 0.29) is 41.6 Å². The number of hydrogen-bond acceptors (Lipinski definition) is 6. The number of rotatable bonds is 4. The van der Waals surface area contributed by atoms with Gasteiger partial charge in [-0.25, -0.2) is 13.4 Å². The van der Waals surface area contributed by atoms with E-state index < -0.39 is 15.0 Å². The smallest absolute Gasteiger partial charge is 0.236 e. The predicted octanol–water partition coefficient (Wildman–Crippen LogP) is 1.06. The van der Waals surface area contributed by atoms with Gasteiger partial charge in [0.15, 0.2) is 0 Å². The second-order valence-corrected chi connectivity index (χ2v) is 7.52. The number of ether oxygens (including phenoxy) is 1. The fourth-order valence-electron chi connectivity index (χ4n) is 1.98. The molecule has 1 aliphatic heterocycles. The summed E-state index contributed by atoms with van der Waals surface area (Å²) in [5.41, 5.74) is 0. The van der Waals surface area contributed by atoms with E-state index in [0.717, 1.165) is 0 Å². The number of amides is 1. The molecule has 1 aromatic heterocycles. The third-order valence-corrected chi connectivity index (χ3v) is 4.19. The summed E-state index contributed by atoms with van der Waals surface area (Å²) < 4.78 is 27.1. The van der Waals surface area contributed by atoms with Crippen molar-refractivity contribution in [2.45, 2.75) is 6.42 Å². The summed E-state index contributed by atoms with van der Waals surface area (Å²) in [4.78, 5) is 21.1. The summed E-state index contributed by atoms with van der Waals surface area (Å²) in [5.74, 6) is -0.623. The molecule has 1 amide bonds. The molecule has 0 spiro atoms. The topological polar surface area (TPSA) is 89.5 Å². The fourth-order valence-corrected chi connectivity index (χ4v) is 3.47. The number of aromatic nitrogens is 2. The lowest BCUT2D eigenvalue weighted by atomic mass is 10.1. The van der Waals surface area contributed by atoms with Gasteiger partial charge in [-0.2, -0.15) is 4.98 Å². The average molecular weight is 340 g/mol. The van der Waals surface area contributed by atoms with Gasteiger partial charge < -0.3 is 4.74 Å². The number of anilines is 1. The highest BCUT2D eigenvalue weighted by atomic mass is 35.7. The molecule has 0 aromatic carbocycles. The molecule has 0 N–H and O–H groups in total. The van der Waals surface area contributed by atoms with Crippen LogP contribution in [-0.2, 0) is 13.8 Å². The maximum atomic E-state index is 11.9. The zero-order valence-corrected chi connectivity index (χ0v) is 12.7. The third-order valence-electron chi connectivity index (χ3n) is 2.75. The molecule has 10 heteroatoms. The molecule has 0 aliphatic carbocycles. The van der Waals surface area contributed by atoms with Crippen molar-refractivity contribution < 1.29 is 17.9 Å². The van der Waals surface area contributed by atoms with Crippen molar-refractivity contribution in [3.05, 3.63) is 11.2 Å². The molecule has 2 heterocycles. The van der Waals surface area contributed by atoms with Crippen molar-refractivity contribution in [1.82, 2.24) is 9.97 Å². The van der Waals surface area contributed by atoms with Crippen LogP contribution in [0, 0.1) is 5.92 Å². The quantitative estimate of drug-likeness (QED) is 0.601. The highest BCUT2D eigenvalue weighted by molar-refractivity contribution is 8.13. The van der Waals surface area contributed by atoms with Gasteiger partial charge in [0.2, 0.25) is 26.8 Å². The van der Waals surface area contributed by atoms with Crippen LogP contribution >= 0.6 is 22.3 Å². The van der Waals surface area contributed by atoms with Crippen molar-refractivity contribution >= 4 is 43.2 Å². The Morgan fingerprint density at radius 2 is 2.20 bits per heavy atom. The van der Waals surface area contributed by atoms with Crippen molar-refractivity contribution in [3.63, 3.8) is 0 Å². The molecule has 1 aromatic rings. The minimum Gasteiger partial charge on any atom is -0.481 e. The lowest BCUT2D eigenvalue weighted by molar-refractivity contribution is -0.117. The summed E-state index contributed by atoms with van der Waals surface area (Å²) in [6.07, 6.45) is 0.0736. The van der Waals surface area contributed by atoms with Crippen LogP contribution in [0.3, 0.4) is 0 Å². The number of carbonyl (C=O) groups is 1. The van der Waals surface area contributed by atoms with E-state index in [0.29, 0.717) is 0 Å². The molecule has 1 unspecified atom stereocenters. The maximum absolute atomic E-state index is 11.9. The van der Waals surface area contributed by atoms with Gasteiger partial charge in [0, 0.05) is 35.6 Å². The molecule has 110 valence electrons. The highest BCUT2D eigenvalue weighted by Gasteiger charge is 2.34. The fraction of sp³-hybridized carbons (Fsp3) is 0.500. The molecule has 2 rings (SSSR count). The first-order valence-electron chi connectivity index (χ1n) is 5.60. The van der Waals surface area contributed by atoms with Gasteiger partial charge >= 0.3 is 0 Å². The van der Waals surface area contributed by atoms with Gasteiger partial charge in [0.25, 0.3) is 0 Å². The van der Waals surface area contributed by atoms with Gasteiger partial charge in [0.1, 0.15) is 5.15 Å². The van der Waals surface area contributed by atoms with Gasteiger partial charge in [-0.3, -0.25) is 9.69 Å². The van der Waals surface area contributed by atoms with Gasteiger partial charge in [-0.05, 0) is 0 Å². The first kappa shape index (κ1) is 15.3. The monoisotopic (exact) mass is 339 g/mol. The lowest BCUT2D eigenvalue weighted by Crippen LogP contribution is -2.27. The minimum absolute atomic E-state index is 0.0736.